The van der Waals surface area contributed by atoms with Gasteiger partial charge in [-0.3, -0.25) is 0 Å². The highest BCUT2D eigenvalue weighted by molar-refractivity contribution is 7.29. The van der Waals surface area contributed by atoms with Crippen molar-refractivity contribution >= 4 is 96.5 Å². The van der Waals surface area contributed by atoms with Crippen molar-refractivity contribution in [1.82, 2.24) is 9.88 Å². The number of rotatable bonds is 4. The summed E-state index contributed by atoms with van der Waals surface area (Å²) in [5.41, 5.74) is 6.81. The molecule has 0 spiro atoms. The van der Waals surface area contributed by atoms with Crippen molar-refractivity contribution < 1.29 is 0 Å². The maximum atomic E-state index is 5.15. The average molecular weight is 689 g/mol. The number of benzene rings is 7. The molecule has 1 aliphatic heterocycles. The first-order valence-electron chi connectivity index (χ1n) is 17.1. The fraction of sp³-hybridized carbons (Fsp3) is 0.0222. The Morgan fingerprint density at radius 2 is 1.16 bits per heavy atom. The zero-order valence-electron chi connectivity index (χ0n) is 27.2. The zero-order valence-corrected chi connectivity index (χ0v) is 28.9. The van der Waals surface area contributed by atoms with E-state index in [0.29, 0.717) is 0 Å². The first-order valence-corrected chi connectivity index (χ1v) is 18.7. The highest BCUT2D eigenvalue weighted by atomic mass is 32.1. The van der Waals surface area contributed by atoms with Crippen LogP contribution in [0, 0.1) is 0 Å². The van der Waals surface area contributed by atoms with Gasteiger partial charge in [-0.15, -0.1) is 22.7 Å². The Labute approximate surface area is 301 Å². The number of aromatic nitrogens is 1. The fourth-order valence-corrected chi connectivity index (χ4v) is 10.1. The highest BCUT2D eigenvalue weighted by Gasteiger charge is 2.23. The predicted octanol–water partition coefficient (Wildman–Crippen LogP) is 12.0. The number of hydrogen-bond donors (Lipinski definition) is 1. The van der Waals surface area contributed by atoms with Gasteiger partial charge in [0.25, 0.3) is 0 Å². The lowest BCUT2D eigenvalue weighted by atomic mass is 10.0. The van der Waals surface area contributed by atoms with E-state index in [4.69, 9.17) is 9.98 Å². The molecule has 7 aromatic carbocycles. The van der Waals surface area contributed by atoms with Crippen LogP contribution in [0.4, 0.5) is 0 Å². The van der Waals surface area contributed by atoms with E-state index in [1.807, 2.05) is 59.1 Å². The molecule has 1 N–H and O–H groups in total. The maximum Gasteiger partial charge on any atom is 0.159 e. The SMILES string of the molecule is c1ccc(C2=NC(c3ccc4sc5c(ccc6sc7ccc(-n8c9ccccc9c9ccccc98)cc7c65)c4c3)NC(c3ccccc3)=N2)cc1. The van der Waals surface area contributed by atoms with E-state index in [9.17, 15) is 0 Å². The minimum Gasteiger partial charge on any atom is -0.344 e. The topological polar surface area (TPSA) is 41.7 Å². The van der Waals surface area contributed by atoms with Crippen molar-refractivity contribution in [1.29, 1.82) is 0 Å². The van der Waals surface area contributed by atoms with Gasteiger partial charge < -0.3 is 9.88 Å². The summed E-state index contributed by atoms with van der Waals surface area (Å²) in [4.78, 5) is 10.1. The average Bonchev–Trinajstić information content (AvgIpc) is 3.87. The maximum absolute atomic E-state index is 5.15. The Balaban J connectivity index is 1.07. The van der Waals surface area contributed by atoms with E-state index in [2.05, 4.69) is 131 Å². The van der Waals surface area contributed by atoms with Gasteiger partial charge in [0.15, 0.2) is 5.84 Å². The Bertz CT molecular complexity index is 3000. The molecule has 4 nitrogen and oxygen atoms in total. The van der Waals surface area contributed by atoms with Crippen LogP contribution in [0.2, 0.25) is 0 Å². The Morgan fingerprint density at radius 3 is 1.92 bits per heavy atom. The summed E-state index contributed by atoms with van der Waals surface area (Å²) in [5, 5.41) is 11.4. The van der Waals surface area contributed by atoms with Crippen LogP contribution in [0.3, 0.4) is 0 Å². The van der Waals surface area contributed by atoms with Gasteiger partial charge in [0.05, 0.1) is 11.0 Å². The van der Waals surface area contributed by atoms with Crippen molar-refractivity contribution in [3.63, 3.8) is 0 Å². The Kier molecular flexibility index (Phi) is 6.32. The van der Waals surface area contributed by atoms with Crippen LogP contribution >= 0.6 is 22.7 Å². The summed E-state index contributed by atoms with van der Waals surface area (Å²) in [6.07, 6.45) is -0.272. The largest absolute Gasteiger partial charge is 0.344 e. The fourth-order valence-electron chi connectivity index (χ4n) is 7.69. The van der Waals surface area contributed by atoms with Gasteiger partial charge in [-0.2, -0.15) is 0 Å². The number of fused-ring (bicyclic) bond motifs is 10. The van der Waals surface area contributed by atoms with E-state index >= 15 is 0 Å². The van der Waals surface area contributed by atoms with Crippen molar-refractivity contribution in [3.05, 3.63) is 174 Å². The molecule has 51 heavy (non-hydrogen) atoms. The van der Waals surface area contributed by atoms with E-state index in [-0.39, 0.29) is 6.17 Å². The van der Waals surface area contributed by atoms with E-state index in [1.54, 1.807) is 0 Å². The molecule has 0 fully saturated rings. The van der Waals surface area contributed by atoms with Crippen LogP contribution < -0.4 is 5.32 Å². The number of amidine groups is 2. The summed E-state index contributed by atoms with van der Waals surface area (Å²) in [7, 11) is 0. The van der Waals surface area contributed by atoms with Crippen LogP contribution in [0.1, 0.15) is 22.9 Å². The third-order valence-electron chi connectivity index (χ3n) is 10.1. The van der Waals surface area contributed by atoms with Crippen LogP contribution in [-0.2, 0) is 0 Å². The third kappa shape index (κ3) is 4.50. The molecule has 0 amide bonds. The number of nitrogens with one attached hydrogen (secondary N) is 1. The normalized spacial score (nSPS) is 14.9. The van der Waals surface area contributed by atoms with Crippen LogP contribution in [-0.4, -0.2) is 16.2 Å². The standard InChI is InChI=1S/C45H28N4S2/c1-3-11-27(12-4-1)43-46-44(28-13-5-2-6-14-28)48-45(47-43)29-19-22-38-34(25-29)33-21-24-40-41(42(33)51-38)35-26-30(20-23-39(35)50-40)49-36-17-9-7-15-31(36)32-16-8-10-18-37(32)49/h1-26,45H,(H,46,47,48). The molecule has 1 unspecified atom stereocenters. The van der Waals surface area contributed by atoms with Crippen LogP contribution in [0.25, 0.3) is 67.8 Å². The lowest BCUT2D eigenvalue weighted by molar-refractivity contribution is 0.675. The Hall–Kier alpha value is -6.08. The Morgan fingerprint density at radius 1 is 0.510 bits per heavy atom. The molecule has 6 heteroatoms. The molecular formula is C45H28N4S2. The number of hydrogen-bond acceptors (Lipinski definition) is 5. The van der Waals surface area contributed by atoms with Gasteiger partial charge in [0.2, 0.25) is 0 Å². The second kappa shape index (κ2) is 11.2. The van der Waals surface area contributed by atoms with Crippen LogP contribution in [0.15, 0.2) is 168 Å². The molecule has 4 heterocycles. The monoisotopic (exact) mass is 688 g/mol. The molecule has 0 saturated carbocycles. The van der Waals surface area contributed by atoms with Gasteiger partial charge in [-0.05, 0) is 54.1 Å². The van der Waals surface area contributed by atoms with Crippen molar-refractivity contribution in [3.8, 4) is 5.69 Å². The molecule has 1 aliphatic rings. The molecule has 240 valence electrons. The van der Waals surface area contributed by atoms with Crippen LogP contribution in [0.5, 0.6) is 0 Å². The molecular weight excluding hydrogens is 661 g/mol. The summed E-state index contributed by atoms with van der Waals surface area (Å²) < 4.78 is 7.65. The summed E-state index contributed by atoms with van der Waals surface area (Å²) in [6, 6.07) is 56.5. The quantitative estimate of drug-likeness (QED) is 0.196. The lowest BCUT2D eigenvalue weighted by Crippen LogP contribution is -2.33. The molecule has 3 aromatic heterocycles. The van der Waals surface area contributed by atoms with Crippen molar-refractivity contribution in [2.24, 2.45) is 9.98 Å². The van der Waals surface area contributed by atoms with Crippen molar-refractivity contribution in [2.75, 3.05) is 0 Å². The highest BCUT2D eigenvalue weighted by Crippen LogP contribution is 2.46. The first kappa shape index (κ1) is 28.7. The van der Waals surface area contributed by atoms with Gasteiger partial charge in [-0.25, -0.2) is 9.98 Å². The number of thiophene rings is 2. The molecule has 10 aromatic rings. The minimum absolute atomic E-state index is 0.272. The molecule has 11 rings (SSSR count). The van der Waals surface area contributed by atoms with Gasteiger partial charge in [0.1, 0.15) is 12.0 Å². The smallest absolute Gasteiger partial charge is 0.159 e. The molecule has 0 saturated heterocycles. The minimum atomic E-state index is -0.272. The van der Waals surface area contributed by atoms with E-state index in [0.717, 1.165) is 28.4 Å². The molecule has 1 atom stereocenters. The number of aliphatic imine (C=N–C) groups is 2. The molecule has 0 aliphatic carbocycles. The number of para-hydroxylation sites is 2. The van der Waals surface area contributed by atoms with E-state index < -0.39 is 0 Å². The van der Waals surface area contributed by atoms with Gasteiger partial charge in [0, 0.05) is 67.9 Å². The third-order valence-corrected chi connectivity index (χ3v) is 12.4. The molecule has 0 radical (unpaired) electrons. The summed E-state index contributed by atoms with van der Waals surface area (Å²) >= 11 is 3.77. The zero-order chi connectivity index (χ0) is 33.5. The van der Waals surface area contributed by atoms with Gasteiger partial charge >= 0.3 is 0 Å². The predicted molar refractivity (Wildman–Crippen MR) is 218 cm³/mol. The summed E-state index contributed by atoms with van der Waals surface area (Å²) in [6.45, 7) is 0. The number of nitrogens with zero attached hydrogens (tertiary/aromatic N) is 3. The van der Waals surface area contributed by atoms with Crippen molar-refractivity contribution in [2.45, 2.75) is 6.17 Å². The first-order chi connectivity index (χ1) is 25.3. The summed E-state index contributed by atoms with van der Waals surface area (Å²) in [5.74, 6) is 1.56. The second-order valence-corrected chi connectivity index (χ2v) is 15.2. The lowest BCUT2D eigenvalue weighted by Gasteiger charge is -2.23. The second-order valence-electron chi connectivity index (χ2n) is 13.0. The van der Waals surface area contributed by atoms with Gasteiger partial charge in [-0.1, -0.05) is 109 Å². The molecule has 0 bridgehead atoms. The van der Waals surface area contributed by atoms with E-state index in [1.165, 1.54) is 67.8 Å².